The first kappa shape index (κ1) is 42.3. The molecule has 11 atom stereocenters. The van der Waals surface area contributed by atoms with Gasteiger partial charge in [0, 0.05) is 48.5 Å². The predicted octanol–water partition coefficient (Wildman–Crippen LogP) is 0.888. The molecule has 1 aromatic rings. The van der Waals surface area contributed by atoms with Crippen LogP contribution in [0.25, 0.3) is 0 Å². The Labute approximate surface area is 303 Å². The van der Waals surface area contributed by atoms with E-state index in [0.717, 1.165) is 48.5 Å². The number of benzene rings is 1. The van der Waals surface area contributed by atoms with E-state index in [9.17, 15) is 38.8 Å². The lowest BCUT2D eigenvalue weighted by Crippen LogP contribution is -2.65. The normalized spacial score (nSPS) is 28.5. The molecule has 0 aliphatic carbocycles. The molecule has 19 heteroatoms. The molecule has 3 rings (SSSR count). The van der Waals surface area contributed by atoms with Gasteiger partial charge in [-0.05, 0) is 5.56 Å². The molecule has 1 aromatic carbocycles. The fourth-order valence-corrected chi connectivity index (χ4v) is 5.56. The first-order valence-electron chi connectivity index (χ1n) is 16.2. The summed E-state index contributed by atoms with van der Waals surface area (Å²) < 4.78 is 61.9. The van der Waals surface area contributed by atoms with Crippen LogP contribution in [0.4, 0.5) is 0 Å². The molecular formula is C34H41NO18. The van der Waals surface area contributed by atoms with Crippen molar-refractivity contribution in [1.29, 1.82) is 5.26 Å². The zero-order valence-electron chi connectivity index (χ0n) is 29.9. The topological polar surface area (TPSA) is 245 Å². The Balaban J connectivity index is 2.08. The zero-order chi connectivity index (χ0) is 39.4. The molecule has 0 spiro atoms. The van der Waals surface area contributed by atoms with Gasteiger partial charge in [0.2, 0.25) is 6.29 Å². The van der Waals surface area contributed by atoms with Crippen molar-refractivity contribution in [3.63, 3.8) is 0 Å². The number of carbonyl (C=O) groups is 7. The largest absolute Gasteiger partial charge is 0.463 e. The molecule has 19 nitrogen and oxygen atoms in total. The van der Waals surface area contributed by atoms with Crippen molar-refractivity contribution in [3.05, 3.63) is 35.9 Å². The molecule has 2 saturated heterocycles. The Morgan fingerprint density at radius 2 is 0.962 bits per heavy atom. The van der Waals surface area contributed by atoms with E-state index in [-0.39, 0.29) is 0 Å². The van der Waals surface area contributed by atoms with E-state index in [2.05, 4.69) is 0 Å². The maximum absolute atomic E-state index is 12.4. The van der Waals surface area contributed by atoms with E-state index in [1.165, 1.54) is 0 Å². The van der Waals surface area contributed by atoms with Gasteiger partial charge < -0.3 is 52.1 Å². The lowest BCUT2D eigenvalue weighted by atomic mass is 9.97. The van der Waals surface area contributed by atoms with Crippen LogP contribution >= 0.6 is 0 Å². The van der Waals surface area contributed by atoms with Crippen molar-refractivity contribution in [2.75, 3.05) is 13.2 Å². The minimum absolute atomic E-state index is 0.386. The number of ether oxygens (including phenoxy) is 11. The highest BCUT2D eigenvalue weighted by Crippen LogP contribution is 2.35. The molecule has 0 N–H and O–H groups in total. The van der Waals surface area contributed by atoms with E-state index in [0.29, 0.717) is 5.56 Å². The molecule has 0 radical (unpaired) electrons. The minimum atomic E-state index is -1.69. The summed E-state index contributed by atoms with van der Waals surface area (Å²) in [4.78, 5) is 85.3. The second kappa shape index (κ2) is 19.6. The summed E-state index contributed by atoms with van der Waals surface area (Å²) in [5.74, 6) is -6.00. The molecule has 2 fully saturated rings. The Bertz CT molecular complexity index is 1530. The monoisotopic (exact) mass is 751 g/mol. The Kier molecular flexibility index (Phi) is 15.6. The Hall–Kier alpha value is -5.16. The molecule has 290 valence electrons. The average molecular weight is 752 g/mol. The first-order chi connectivity index (χ1) is 25.0. The number of carbonyl (C=O) groups excluding carboxylic acids is 7. The van der Waals surface area contributed by atoms with Gasteiger partial charge in [0.1, 0.15) is 18.8 Å². The summed E-state index contributed by atoms with van der Waals surface area (Å²) in [7, 11) is 0. The molecule has 0 saturated carbocycles. The van der Waals surface area contributed by atoms with Crippen LogP contribution in [-0.4, -0.2) is 116 Å². The van der Waals surface area contributed by atoms with Crippen LogP contribution in [0.1, 0.15) is 60.1 Å². The third-order valence-corrected chi connectivity index (χ3v) is 7.36. The third kappa shape index (κ3) is 12.5. The van der Waals surface area contributed by atoms with Gasteiger partial charge >= 0.3 is 41.8 Å². The molecule has 0 aromatic heterocycles. The Morgan fingerprint density at radius 3 is 1.40 bits per heavy atom. The highest BCUT2D eigenvalue weighted by Gasteiger charge is 2.56. The van der Waals surface area contributed by atoms with Gasteiger partial charge in [-0.1, -0.05) is 30.3 Å². The van der Waals surface area contributed by atoms with Crippen molar-refractivity contribution in [2.45, 2.75) is 116 Å². The molecule has 0 amide bonds. The highest BCUT2D eigenvalue weighted by atomic mass is 16.8. The maximum Gasteiger partial charge on any atom is 0.303 e. The smallest absolute Gasteiger partial charge is 0.303 e. The van der Waals surface area contributed by atoms with Crippen LogP contribution in [0, 0.1) is 11.3 Å². The predicted molar refractivity (Wildman–Crippen MR) is 169 cm³/mol. The second-order valence-electron chi connectivity index (χ2n) is 11.7. The number of esters is 7. The summed E-state index contributed by atoms with van der Waals surface area (Å²) in [5, 5.41) is 9.99. The van der Waals surface area contributed by atoms with Crippen LogP contribution in [-0.2, 0) is 85.7 Å². The average Bonchev–Trinajstić information content (AvgIpc) is 3.05. The van der Waals surface area contributed by atoms with Crippen LogP contribution in [0.2, 0.25) is 0 Å². The lowest BCUT2D eigenvalue weighted by molar-refractivity contribution is -0.337. The second-order valence-corrected chi connectivity index (χ2v) is 11.7. The van der Waals surface area contributed by atoms with Gasteiger partial charge in [-0.3, -0.25) is 33.6 Å². The van der Waals surface area contributed by atoms with E-state index >= 15 is 0 Å². The van der Waals surface area contributed by atoms with Crippen LogP contribution < -0.4 is 0 Å². The summed E-state index contributed by atoms with van der Waals surface area (Å²) in [5.41, 5.74) is 0.386. The molecule has 53 heavy (non-hydrogen) atoms. The molecule has 2 aliphatic rings. The van der Waals surface area contributed by atoms with Crippen molar-refractivity contribution in [2.24, 2.45) is 0 Å². The van der Waals surface area contributed by atoms with E-state index < -0.39 is 123 Å². The number of hydrogen-bond donors (Lipinski definition) is 0. The molecule has 2 heterocycles. The minimum Gasteiger partial charge on any atom is -0.463 e. The van der Waals surface area contributed by atoms with Crippen LogP contribution in [0.3, 0.4) is 0 Å². The maximum atomic E-state index is 12.4. The van der Waals surface area contributed by atoms with Crippen molar-refractivity contribution >= 4 is 41.8 Å². The van der Waals surface area contributed by atoms with E-state index in [4.69, 9.17) is 52.1 Å². The highest BCUT2D eigenvalue weighted by molar-refractivity contribution is 5.69. The van der Waals surface area contributed by atoms with E-state index in [1.54, 1.807) is 30.3 Å². The molecule has 0 unspecified atom stereocenters. The summed E-state index contributed by atoms with van der Waals surface area (Å²) in [6.07, 6.45) is -16.9. The summed E-state index contributed by atoms with van der Waals surface area (Å²) >= 11 is 0. The summed E-state index contributed by atoms with van der Waals surface area (Å²) in [6.45, 7) is 6.18. The number of nitrogens with zero attached hydrogens (tertiary/aromatic N) is 1. The number of rotatable bonds is 14. The lowest BCUT2D eigenvalue weighted by Gasteiger charge is -2.46. The molecule has 0 bridgehead atoms. The van der Waals surface area contributed by atoms with Gasteiger partial charge in [0.25, 0.3) is 0 Å². The van der Waals surface area contributed by atoms with Gasteiger partial charge in [0.15, 0.2) is 49.0 Å². The third-order valence-electron chi connectivity index (χ3n) is 7.36. The van der Waals surface area contributed by atoms with Gasteiger partial charge in [-0.25, -0.2) is 0 Å². The fourth-order valence-electron chi connectivity index (χ4n) is 5.56. The van der Waals surface area contributed by atoms with Crippen LogP contribution in [0.5, 0.6) is 0 Å². The quantitative estimate of drug-likeness (QED) is 0.189. The van der Waals surface area contributed by atoms with Crippen molar-refractivity contribution in [1.82, 2.24) is 0 Å². The molecule has 2 aliphatic heterocycles. The summed E-state index contributed by atoms with van der Waals surface area (Å²) in [6, 6.07) is 10.2. The van der Waals surface area contributed by atoms with Crippen molar-refractivity contribution < 1.29 is 85.7 Å². The van der Waals surface area contributed by atoms with Crippen molar-refractivity contribution in [3.8, 4) is 6.07 Å². The van der Waals surface area contributed by atoms with Gasteiger partial charge in [-0.15, -0.1) is 0 Å². The standard InChI is InChI=1S/C34H41NO18/c1-16(36)43-14-25-27(45-17(2)37)29(47-19(4)39)31(49-21(6)41)33(52-25)44-15-26-28(46-18(3)38)30(48-20(5)40)32(50-22(7)42)34(53-26)51-24(13-35)23-11-9-8-10-12-23/h8-12,24-34H,14-15H2,1-7H3/t24-,25-,26+,27-,28+,29+,30-,31-,32+,33-,34+/m0/s1. The number of hydrogen-bond acceptors (Lipinski definition) is 19. The van der Waals surface area contributed by atoms with Gasteiger partial charge in [0.05, 0.1) is 12.7 Å². The van der Waals surface area contributed by atoms with Crippen LogP contribution in [0.15, 0.2) is 30.3 Å². The Morgan fingerprint density at radius 1 is 0.566 bits per heavy atom. The fraction of sp³-hybridized carbons (Fsp3) is 0.588. The SMILES string of the molecule is CC(=O)OC[C@@H]1O[C@H](OC[C@H]2O[C@@H](O[C@@H](C#N)c3ccccc3)[C@H](OC(C)=O)[C@@H](OC(C)=O)[C@@H]2OC(C)=O)[C@@H](OC(C)=O)[C@H](OC(C)=O)[C@H]1OC(C)=O. The first-order valence-corrected chi connectivity index (χ1v) is 16.2. The van der Waals surface area contributed by atoms with E-state index in [1.807, 2.05) is 6.07 Å². The number of nitriles is 1. The zero-order valence-corrected chi connectivity index (χ0v) is 29.9. The van der Waals surface area contributed by atoms with Gasteiger partial charge in [-0.2, -0.15) is 5.26 Å². The molecular weight excluding hydrogens is 710 g/mol.